The highest BCUT2D eigenvalue weighted by atomic mass is 14.8. The average Bonchev–Trinajstić information content (AvgIpc) is 3.35. The molecule has 2 heteroatoms. The van der Waals surface area contributed by atoms with Crippen LogP contribution in [0.15, 0.2) is 124 Å². The smallest absolute Gasteiger partial charge is 0.0785 e. The summed E-state index contributed by atoms with van der Waals surface area (Å²) in [7, 11) is 0. The summed E-state index contributed by atoms with van der Waals surface area (Å²) < 4.78 is 0. The van der Waals surface area contributed by atoms with Crippen LogP contribution in [0.3, 0.4) is 0 Å². The third-order valence-electron chi connectivity index (χ3n) is 6.57. The van der Waals surface area contributed by atoms with Gasteiger partial charge in [0.15, 0.2) is 0 Å². The van der Waals surface area contributed by atoms with E-state index >= 15 is 0 Å². The van der Waals surface area contributed by atoms with Crippen LogP contribution in [-0.2, 0) is 0 Å². The summed E-state index contributed by atoms with van der Waals surface area (Å²) in [6.45, 7) is 0. The maximum absolute atomic E-state index is 5.10. The minimum absolute atomic E-state index is 0.249. The van der Waals surface area contributed by atoms with Gasteiger partial charge in [-0.05, 0) is 34.4 Å². The highest BCUT2D eigenvalue weighted by Gasteiger charge is 2.35. The van der Waals surface area contributed by atoms with E-state index in [1.54, 1.807) is 0 Å². The fourth-order valence-corrected chi connectivity index (χ4v) is 5.17. The van der Waals surface area contributed by atoms with Crippen LogP contribution in [0, 0.1) is 0 Å². The second-order valence-electron chi connectivity index (χ2n) is 8.19. The molecule has 3 aromatic carbocycles. The molecule has 0 bridgehead atoms. The van der Waals surface area contributed by atoms with E-state index in [0.29, 0.717) is 0 Å². The molecule has 1 unspecified atom stereocenters. The molecule has 30 heavy (non-hydrogen) atoms. The molecule has 0 spiro atoms. The molecule has 4 aliphatic rings. The van der Waals surface area contributed by atoms with Crippen molar-refractivity contribution in [3.63, 3.8) is 0 Å². The molecule has 0 fully saturated rings. The Morgan fingerprint density at radius 1 is 0.733 bits per heavy atom. The first-order valence-electron chi connectivity index (χ1n) is 10.4. The van der Waals surface area contributed by atoms with Gasteiger partial charge in [-0.15, -0.1) is 0 Å². The van der Waals surface area contributed by atoms with E-state index in [2.05, 4.69) is 91.0 Å². The molecule has 0 radical (unpaired) electrons. The molecule has 2 aliphatic heterocycles. The molecule has 0 N–H and O–H groups in total. The minimum atomic E-state index is 0.249. The van der Waals surface area contributed by atoms with Crippen molar-refractivity contribution in [2.75, 3.05) is 0 Å². The zero-order valence-corrected chi connectivity index (χ0v) is 16.3. The number of allylic oxidation sites excluding steroid dienone is 5. The van der Waals surface area contributed by atoms with Crippen molar-refractivity contribution < 1.29 is 0 Å². The number of rotatable bonds is 1. The van der Waals surface area contributed by atoms with Gasteiger partial charge in [0, 0.05) is 28.7 Å². The van der Waals surface area contributed by atoms with E-state index < -0.39 is 0 Å². The Hall–Kier alpha value is -3.78. The van der Waals surface area contributed by atoms with E-state index in [0.717, 1.165) is 28.9 Å². The molecule has 7 rings (SSSR count). The second kappa shape index (κ2) is 5.87. The van der Waals surface area contributed by atoms with Crippen LogP contribution in [-0.4, -0.2) is 5.71 Å². The summed E-state index contributed by atoms with van der Waals surface area (Å²) in [5.41, 5.74) is 11.2. The number of fused-ring (bicyclic) bond motifs is 6. The quantitative estimate of drug-likeness (QED) is 0.588. The van der Waals surface area contributed by atoms with Gasteiger partial charge in [0.05, 0.1) is 22.5 Å². The third-order valence-corrected chi connectivity index (χ3v) is 6.57. The molecule has 2 heterocycles. The topological polar surface area (TPSA) is 24.7 Å². The van der Waals surface area contributed by atoms with Gasteiger partial charge in [-0.3, -0.25) is 0 Å². The monoisotopic (exact) mass is 382 g/mol. The van der Waals surface area contributed by atoms with Crippen molar-refractivity contribution in [3.8, 4) is 0 Å². The van der Waals surface area contributed by atoms with Crippen LogP contribution in [0.2, 0.25) is 0 Å². The van der Waals surface area contributed by atoms with Crippen LogP contribution in [0.4, 0.5) is 0 Å². The van der Waals surface area contributed by atoms with E-state index in [1.165, 1.54) is 38.6 Å². The van der Waals surface area contributed by atoms with Crippen LogP contribution < -0.4 is 10.6 Å². The lowest BCUT2D eigenvalue weighted by molar-refractivity contribution is 1.000. The molecule has 1 atom stereocenters. The lowest BCUT2D eigenvalue weighted by Gasteiger charge is -2.26. The Kier molecular flexibility index (Phi) is 3.14. The molecule has 3 aromatic rings. The van der Waals surface area contributed by atoms with E-state index in [9.17, 15) is 0 Å². The molecule has 0 aromatic heterocycles. The summed E-state index contributed by atoms with van der Waals surface area (Å²) >= 11 is 0. The summed E-state index contributed by atoms with van der Waals surface area (Å²) in [5, 5.41) is 2.34. The number of para-hydroxylation sites is 1. The molecule has 0 amide bonds. The van der Waals surface area contributed by atoms with E-state index in [1.807, 2.05) is 0 Å². The van der Waals surface area contributed by atoms with Gasteiger partial charge < -0.3 is 0 Å². The van der Waals surface area contributed by atoms with Crippen molar-refractivity contribution in [3.05, 3.63) is 141 Å². The number of hydrogen-bond acceptors (Lipinski definition) is 2. The predicted octanol–water partition coefficient (Wildman–Crippen LogP) is 4.59. The lowest BCUT2D eigenvalue weighted by atomic mass is 9.77. The fourth-order valence-electron chi connectivity index (χ4n) is 5.17. The SMILES string of the molecule is C1=C2N=c3ccccc3=C2CC2=C1N=C1C2=CC(c2ccccc2)c2ccccc21. The van der Waals surface area contributed by atoms with Gasteiger partial charge >= 0.3 is 0 Å². The van der Waals surface area contributed by atoms with Crippen LogP contribution >= 0.6 is 0 Å². The number of nitrogens with zero attached hydrogens (tertiary/aromatic N) is 2. The zero-order valence-electron chi connectivity index (χ0n) is 16.3. The Morgan fingerprint density at radius 3 is 2.47 bits per heavy atom. The maximum atomic E-state index is 5.10. The first-order valence-corrected chi connectivity index (χ1v) is 10.4. The van der Waals surface area contributed by atoms with Crippen molar-refractivity contribution in [1.29, 1.82) is 0 Å². The fraction of sp³-hybridized carbons (Fsp3) is 0.0714. The standard InChI is InChI=1S/C28H18N2/c1-2-8-17(9-3-1)21-14-24-23-15-22-19-11-6-7-13-25(19)29-26(22)16-27(23)30-28(24)20-12-5-4-10-18(20)21/h1-14,16,21H,15H2. The van der Waals surface area contributed by atoms with Crippen molar-refractivity contribution in [2.45, 2.75) is 12.3 Å². The van der Waals surface area contributed by atoms with Crippen LogP contribution in [0.25, 0.3) is 5.57 Å². The van der Waals surface area contributed by atoms with Crippen molar-refractivity contribution in [2.24, 2.45) is 9.98 Å². The number of hydrogen-bond donors (Lipinski definition) is 0. The Morgan fingerprint density at radius 2 is 1.53 bits per heavy atom. The zero-order chi connectivity index (χ0) is 19.7. The van der Waals surface area contributed by atoms with Gasteiger partial charge in [-0.25, -0.2) is 9.98 Å². The Labute approximate surface area is 174 Å². The first kappa shape index (κ1) is 16.1. The summed E-state index contributed by atoms with van der Waals surface area (Å²) in [6, 6.07) is 28.0. The van der Waals surface area contributed by atoms with E-state index in [4.69, 9.17) is 9.98 Å². The second-order valence-corrected chi connectivity index (χ2v) is 8.19. The first-order chi connectivity index (χ1) is 14.9. The largest absolute Gasteiger partial charge is 0.248 e. The van der Waals surface area contributed by atoms with E-state index in [-0.39, 0.29) is 5.92 Å². The molecule has 140 valence electrons. The summed E-state index contributed by atoms with van der Waals surface area (Å²) in [4.78, 5) is 9.96. The lowest BCUT2D eigenvalue weighted by Crippen LogP contribution is -2.22. The Bertz CT molecular complexity index is 1500. The highest BCUT2D eigenvalue weighted by Crippen LogP contribution is 2.46. The van der Waals surface area contributed by atoms with Gasteiger partial charge in [-0.1, -0.05) is 78.9 Å². The van der Waals surface area contributed by atoms with Crippen LogP contribution in [0.1, 0.15) is 29.0 Å². The molecular formula is C28H18N2. The van der Waals surface area contributed by atoms with Crippen molar-refractivity contribution >= 4 is 11.3 Å². The normalized spacial score (nSPS) is 20.2. The molecule has 2 nitrogen and oxygen atoms in total. The minimum Gasteiger partial charge on any atom is -0.248 e. The van der Waals surface area contributed by atoms with Gasteiger partial charge in [0.1, 0.15) is 0 Å². The van der Waals surface area contributed by atoms with Gasteiger partial charge in [-0.2, -0.15) is 0 Å². The Balaban J connectivity index is 1.44. The maximum Gasteiger partial charge on any atom is 0.0785 e. The number of benzene rings is 3. The molecule has 2 aliphatic carbocycles. The predicted molar refractivity (Wildman–Crippen MR) is 120 cm³/mol. The summed E-state index contributed by atoms with van der Waals surface area (Å²) in [5.74, 6) is 0.249. The highest BCUT2D eigenvalue weighted by molar-refractivity contribution is 6.20. The number of aliphatic imine (C=N–C) groups is 1. The van der Waals surface area contributed by atoms with Gasteiger partial charge in [0.2, 0.25) is 0 Å². The third kappa shape index (κ3) is 2.13. The van der Waals surface area contributed by atoms with Gasteiger partial charge in [0.25, 0.3) is 0 Å². The molecule has 0 saturated heterocycles. The van der Waals surface area contributed by atoms with Crippen LogP contribution in [0.5, 0.6) is 0 Å². The van der Waals surface area contributed by atoms with Crippen molar-refractivity contribution in [1.82, 2.24) is 0 Å². The summed E-state index contributed by atoms with van der Waals surface area (Å²) in [6.07, 6.45) is 5.50. The average molecular weight is 382 g/mol. The molecule has 0 saturated carbocycles. The molecular weight excluding hydrogens is 364 g/mol.